The maximum Gasteiger partial charge on any atom is 0.234 e. The summed E-state index contributed by atoms with van der Waals surface area (Å²) in [5.41, 5.74) is 1.42. The van der Waals surface area contributed by atoms with E-state index in [4.69, 9.17) is 21.1 Å². The fourth-order valence-electron chi connectivity index (χ4n) is 3.56. The summed E-state index contributed by atoms with van der Waals surface area (Å²) >= 11 is 7.80. The van der Waals surface area contributed by atoms with E-state index in [2.05, 4.69) is 20.4 Å². The molecule has 2 heterocycles. The van der Waals surface area contributed by atoms with E-state index in [1.165, 1.54) is 11.8 Å². The Morgan fingerprint density at radius 1 is 1.09 bits per heavy atom. The fourth-order valence-corrected chi connectivity index (χ4v) is 4.52. The molecule has 0 unspecified atom stereocenters. The second kappa shape index (κ2) is 10.1. The number of benzene rings is 2. The number of nitrogens with one attached hydrogen (secondary N) is 1. The second-order valence-corrected chi connectivity index (χ2v) is 8.52. The third kappa shape index (κ3) is 4.78. The first-order valence-corrected chi connectivity index (χ1v) is 11.6. The summed E-state index contributed by atoms with van der Waals surface area (Å²) in [6.07, 6.45) is 2.23. The quantitative estimate of drug-likeness (QED) is 0.489. The van der Waals surface area contributed by atoms with Gasteiger partial charge in [-0.15, -0.1) is 10.2 Å². The molecular weight excluding hydrogens is 450 g/mol. The lowest BCUT2D eigenvalue weighted by Crippen LogP contribution is -2.22. The van der Waals surface area contributed by atoms with Crippen LogP contribution < -0.4 is 19.7 Å². The van der Waals surface area contributed by atoms with E-state index in [0.717, 1.165) is 37.6 Å². The number of rotatable bonds is 8. The van der Waals surface area contributed by atoms with Gasteiger partial charge >= 0.3 is 0 Å². The Hall–Kier alpha value is -2.91. The molecule has 10 heteroatoms. The molecule has 1 fully saturated rings. The number of halogens is 1. The molecule has 8 nitrogen and oxygen atoms in total. The van der Waals surface area contributed by atoms with Crippen molar-refractivity contribution in [2.75, 3.05) is 43.3 Å². The summed E-state index contributed by atoms with van der Waals surface area (Å²) in [4.78, 5) is 14.8. The molecule has 1 amide bonds. The van der Waals surface area contributed by atoms with Crippen LogP contribution >= 0.6 is 23.4 Å². The van der Waals surface area contributed by atoms with Gasteiger partial charge in [0.15, 0.2) is 16.7 Å². The first-order valence-electron chi connectivity index (χ1n) is 10.2. The van der Waals surface area contributed by atoms with Crippen molar-refractivity contribution in [2.24, 2.45) is 0 Å². The molecule has 1 aliphatic heterocycles. The highest BCUT2D eigenvalue weighted by Crippen LogP contribution is 2.32. The van der Waals surface area contributed by atoms with Crippen LogP contribution in [0.25, 0.3) is 5.69 Å². The number of anilines is 2. The first-order chi connectivity index (χ1) is 15.6. The fraction of sp³-hybridized carbons (Fsp3) is 0.318. The predicted molar refractivity (Wildman–Crippen MR) is 127 cm³/mol. The van der Waals surface area contributed by atoms with Gasteiger partial charge in [0.05, 0.1) is 30.7 Å². The molecule has 0 bridgehead atoms. The molecular formula is C22H24ClN5O3S. The molecule has 1 aromatic heterocycles. The highest BCUT2D eigenvalue weighted by molar-refractivity contribution is 7.99. The molecule has 32 heavy (non-hydrogen) atoms. The summed E-state index contributed by atoms with van der Waals surface area (Å²) in [7, 11) is 3.12. The molecule has 4 rings (SSSR count). The third-order valence-corrected chi connectivity index (χ3v) is 6.35. The minimum Gasteiger partial charge on any atom is -0.493 e. The van der Waals surface area contributed by atoms with Crippen LogP contribution in [0.2, 0.25) is 5.02 Å². The van der Waals surface area contributed by atoms with Crippen molar-refractivity contribution in [2.45, 2.75) is 18.0 Å². The monoisotopic (exact) mass is 473 g/mol. The number of para-hydroxylation sites is 1. The van der Waals surface area contributed by atoms with E-state index < -0.39 is 0 Å². The number of thioether (sulfide) groups is 1. The minimum absolute atomic E-state index is 0.164. The number of hydrogen-bond acceptors (Lipinski definition) is 7. The summed E-state index contributed by atoms with van der Waals surface area (Å²) < 4.78 is 12.5. The highest BCUT2D eigenvalue weighted by atomic mass is 35.5. The number of hydrogen-bond donors (Lipinski definition) is 1. The first kappa shape index (κ1) is 22.3. The average Bonchev–Trinajstić information content (AvgIpc) is 3.48. The number of aromatic nitrogens is 3. The maximum atomic E-state index is 12.6. The molecule has 168 valence electrons. The molecule has 1 saturated heterocycles. The van der Waals surface area contributed by atoms with Crippen LogP contribution in [0.4, 0.5) is 11.6 Å². The van der Waals surface area contributed by atoms with Crippen molar-refractivity contribution >= 4 is 40.9 Å². The van der Waals surface area contributed by atoms with Crippen LogP contribution in [-0.4, -0.2) is 53.7 Å². The summed E-state index contributed by atoms with van der Waals surface area (Å²) in [5.74, 6) is 1.89. The van der Waals surface area contributed by atoms with Crippen LogP contribution in [0.15, 0.2) is 47.6 Å². The number of amides is 1. The lowest BCUT2D eigenvalue weighted by Gasteiger charge is -2.19. The van der Waals surface area contributed by atoms with Gasteiger partial charge in [-0.25, -0.2) is 0 Å². The molecule has 0 atom stereocenters. The summed E-state index contributed by atoms with van der Waals surface area (Å²) in [6.45, 7) is 1.85. The smallest absolute Gasteiger partial charge is 0.234 e. The van der Waals surface area contributed by atoms with E-state index in [1.807, 2.05) is 28.8 Å². The van der Waals surface area contributed by atoms with Gasteiger partial charge in [-0.05, 0) is 37.1 Å². The van der Waals surface area contributed by atoms with Gasteiger partial charge in [-0.3, -0.25) is 9.36 Å². The molecule has 2 aromatic carbocycles. The number of nitrogens with zero attached hydrogens (tertiary/aromatic N) is 4. The predicted octanol–water partition coefficient (Wildman–Crippen LogP) is 4.27. The Balaban J connectivity index is 1.52. The van der Waals surface area contributed by atoms with Gasteiger partial charge in [0.25, 0.3) is 0 Å². The zero-order valence-corrected chi connectivity index (χ0v) is 19.4. The minimum atomic E-state index is -0.168. The maximum absolute atomic E-state index is 12.6. The van der Waals surface area contributed by atoms with Crippen LogP contribution in [0.1, 0.15) is 12.8 Å². The summed E-state index contributed by atoms with van der Waals surface area (Å²) in [6, 6.07) is 12.8. The Labute approximate surface area is 195 Å². The second-order valence-electron chi connectivity index (χ2n) is 7.17. The SMILES string of the molecule is COc1ccc(NC(=O)CSc2nnc(N3CCCC3)n2-c2ccccc2Cl)cc1OC. The van der Waals surface area contributed by atoms with Crippen molar-refractivity contribution < 1.29 is 14.3 Å². The Kier molecular flexibility index (Phi) is 7.06. The summed E-state index contributed by atoms with van der Waals surface area (Å²) in [5, 5.41) is 12.9. The van der Waals surface area contributed by atoms with E-state index in [-0.39, 0.29) is 11.7 Å². The van der Waals surface area contributed by atoms with Gasteiger partial charge in [-0.2, -0.15) is 0 Å². The van der Waals surface area contributed by atoms with E-state index in [1.54, 1.807) is 32.4 Å². The van der Waals surface area contributed by atoms with E-state index >= 15 is 0 Å². The molecule has 3 aromatic rings. The molecule has 0 spiro atoms. The van der Waals surface area contributed by atoms with Gasteiger partial charge in [-0.1, -0.05) is 35.5 Å². The normalized spacial score (nSPS) is 13.3. The van der Waals surface area contributed by atoms with Gasteiger partial charge < -0.3 is 19.7 Å². The topological polar surface area (TPSA) is 81.5 Å². The Morgan fingerprint density at radius 2 is 1.84 bits per heavy atom. The number of carbonyl (C=O) groups excluding carboxylic acids is 1. The van der Waals surface area contributed by atoms with Crippen molar-refractivity contribution in [1.29, 1.82) is 0 Å². The van der Waals surface area contributed by atoms with Crippen molar-refractivity contribution in [3.05, 3.63) is 47.5 Å². The van der Waals surface area contributed by atoms with Crippen molar-refractivity contribution in [1.82, 2.24) is 14.8 Å². The number of ether oxygens (including phenoxy) is 2. The van der Waals surface area contributed by atoms with Gasteiger partial charge in [0, 0.05) is 24.8 Å². The number of carbonyl (C=O) groups is 1. The third-order valence-electron chi connectivity index (χ3n) is 5.10. The highest BCUT2D eigenvalue weighted by Gasteiger charge is 2.24. The lowest BCUT2D eigenvalue weighted by atomic mass is 10.2. The van der Waals surface area contributed by atoms with Gasteiger partial charge in [0.1, 0.15) is 0 Å². The molecule has 0 saturated carbocycles. The lowest BCUT2D eigenvalue weighted by molar-refractivity contribution is -0.113. The average molecular weight is 474 g/mol. The van der Waals surface area contributed by atoms with Crippen molar-refractivity contribution in [3.8, 4) is 17.2 Å². The largest absolute Gasteiger partial charge is 0.493 e. The van der Waals surface area contributed by atoms with Crippen LogP contribution in [0, 0.1) is 0 Å². The van der Waals surface area contributed by atoms with Gasteiger partial charge in [0.2, 0.25) is 11.9 Å². The molecule has 0 radical (unpaired) electrons. The van der Waals surface area contributed by atoms with E-state index in [0.29, 0.717) is 27.4 Å². The zero-order valence-electron chi connectivity index (χ0n) is 17.9. The Bertz CT molecular complexity index is 1100. The Morgan fingerprint density at radius 3 is 2.56 bits per heavy atom. The van der Waals surface area contributed by atoms with Crippen LogP contribution in [0.3, 0.4) is 0 Å². The zero-order chi connectivity index (χ0) is 22.5. The van der Waals surface area contributed by atoms with Crippen LogP contribution in [0.5, 0.6) is 11.5 Å². The standard InChI is InChI=1S/C22H24ClN5O3S/c1-30-18-10-9-15(13-19(18)31-2)24-20(29)14-32-22-26-25-21(27-11-5-6-12-27)28(22)17-8-4-3-7-16(17)23/h3-4,7-10,13H,5-6,11-12,14H2,1-2H3,(H,24,29). The number of methoxy groups -OCH3 is 2. The van der Waals surface area contributed by atoms with Crippen LogP contribution in [-0.2, 0) is 4.79 Å². The van der Waals surface area contributed by atoms with Crippen molar-refractivity contribution in [3.63, 3.8) is 0 Å². The molecule has 0 aliphatic carbocycles. The molecule has 1 N–H and O–H groups in total. The molecule has 1 aliphatic rings. The van der Waals surface area contributed by atoms with E-state index in [9.17, 15) is 4.79 Å².